The van der Waals surface area contributed by atoms with Crippen molar-refractivity contribution in [3.8, 4) is 0 Å². The summed E-state index contributed by atoms with van der Waals surface area (Å²) in [6.07, 6.45) is 1.12. The van der Waals surface area contributed by atoms with E-state index in [1.807, 2.05) is 13.0 Å². The molecule has 0 spiro atoms. The van der Waals surface area contributed by atoms with Gasteiger partial charge in [-0.2, -0.15) is 0 Å². The minimum absolute atomic E-state index is 0.323. The lowest BCUT2D eigenvalue weighted by Crippen LogP contribution is -2.30. The van der Waals surface area contributed by atoms with Gasteiger partial charge in [-0.15, -0.1) is 0 Å². The van der Waals surface area contributed by atoms with Crippen molar-refractivity contribution in [1.29, 1.82) is 0 Å². The average molecular weight is 377 g/mol. The van der Waals surface area contributed by atoms with Crippen molar-refractivity contribution in [3.63, 3.8) is 0 Å². The molecule has 0 radical (unpaired) electrons. The molecule has 1 aliphatic heterocycles. The van der Waals surface area contributed by atoms with Crippen LogP contribution in [0.4, 0.5) is 11.4 Å². The lowest BCUT2D eigenvalue weighted by atomic mass is 9.79. The number of amides is 1. The van der Waals surface area contributed by atoms with Crippen LogP contribution in [0.1, 0.15) is 22.3 Å². The molecule has 1 amide bonds. The zero-order chi connectivity index (χ0) is 18.0. The molecular weight excluding hydrogens is 359 g/mol. The highest BCUT2D eigenvalue weighted by Crippen LogP contribution is 2.31. The first kappa shape index (κ1) is 18.1. The monoisotopic (exact) mass is 376 g/mol. The molecule has 3 N–H and O–H groups in total. The SMILES string of the molecule is Cc1cc(NC(=O)c2cc(N3CCCS3)ccc2Cl)cc(B(O)O)c1. The van der Waals surface area contributed by atoms with Gasteiger partial charge in [0.1, 0.15) is 0 Å². The molecule has 0 aromatic heterocycles. The zero-order valence-corrected chi connectivity index (χ0v) is 15.3. The molecule has 1 heterocycles. The van der Waals surface area contributed by atoms with Gasteiger partial charge in [-0.1, -0.05) is 17.7 Å². The predicted molar refractivity (Wildman–Crippen MR) is 105 cm³/mol. The number of rotatable bonds is 4. The Morgan fingerprint density at radius 3 is 2.76 bits per heavy atom. The molecule has 1 aliphatic rings. The smallest absolute Gasteiger partial charge is 0.423 e. The van der Waals surface area contributed by atoms with Crippen molar-refractivity contribution in [2.24, 2.45) is 0 Å². The summed E-state index contributed by atoms with van der Waals surface area (Å²) in [5.74, 6) is 0.736. The van der Waals surface area contributed by atoms with Crippen LogP contribution in [0.3, 0.4) is 0 Å². The summed E-state index contributed by atoms with van der Waals surface area (Å²) in [5.41, 5.74) is 2.97. The second-order valence-corrected chi connectivity index (χ2v) is 7.43. The summed E-state index contributed by atoms with van der Waals surface area (Å²) in [6, 6.07) is 10.4. The third-order valence-electron chi connectivity index (χ3n) is 3.89. The molecule has 1 saturated heterocycles. The van der Waals surface area contributed by atoms with Crippen LogP contribution in [0, 0.1) is 6.92 Å². The van der Waals surface area contributed by atoms with Crippen LogP contribution in [-0.4, -0.2) is 35.4 Å². The van der Waals surface area contributed by atoms with Gasteiger partial charge in [-0.25, -0.2) is 0 Å². The van der Waals surface area contributed by atoms with Gasteiger partial charge in [0, 0.05) is 23.7 Å². The van der Waals surface area contributed by atoms with Crippen LogP contribution in [-0.2, 0) is 0 Å². The molecule has 0 saturated carbocycles. The van der Waals surface area contributed by atoms with Crippen molar-refractivity contribution in [2.75, 3.05) is 21.9 Å². The number of anilines is 2. The topological polar surface area (TPSA) is 72.8 Å². The van der Waals surface area contributed by atoms with Gasteiger partial charge in [0.15, 0.2) is 0 Å². The standard InChI is InChI=1S/C17H18BClN2O3S/c1-11-7-12(18(23)24)9-13(8-11)20-17(22)15-10-14(3-4-16(15)19)21-5-2-6-25-21/h3-4,7-10,23-24H,2,5-6H2,1H3,(H,20,22). The minimum Gasteiger partial charge on any atom is -0.423 e. The van der Waals surface area contributed by atoms with E-state index in [0.29, 0.717) is 21.7 Å². The minimum atomic E-state index is -1.59. The van der Waals surface area contributed by atoms with Gasteiger partial charge in [0.05, 0.1) is 10.6 Å². The normalized spacial score (nSPS) is 13.8. The van der Waals surface area contributed by atoms with E-state index < -0.39 is 7.12 Å². The maximum atomic E-state index is 12.6. The van der Waals surface area contributed by atoms with Crippen molar-refractivity contribution in [1.82, 2.24) is 0 Å². The third kappa shape index (κ3) is 4.30. The van der Waals surface area contributed by atoms with Crippen LogP contribution in [0.5, 0.6) is 0 Å². The van der Waals surface area contributed by atoms with Crippen molar-refractivity contribution < 1.29 is 14.8 Å². The quantitative estimate of drug-likeness (QED) is 0.565. The van der Waals surface area contributed by atoms with Gasteiger partial charge < -0.3 is 19.7 Å². The van der Waals surface area contributed by atoms with Crippen LogP contribution < -0.4 is 15.1 Å². The van der Waals surface area contributed by atoms with E-state index in [2.05, 4.69) is 9.62 Å². The van der Waals surface area contributed by atoms with E-state index in [1.165, 1.54) is 6.07 Å². The molecule has 2 aromatic rings. The van der Waals surface area contributed by atoms with Crippen LogP contribution in [0.25, 0.3) is 0 Å². The van der Waals surface area contributed by atoms with Gasteiger partial charge in [-0.3, -0.25) is 4.79 Å². The summed E-state index contributed by atoms with van der Waals surface area (Å²) in [5, 5.41) is 21.8. The fraction of sp³-hybridized carbons (Fsp3) is 0.235. The fourth-order valence-corrected chi connectivity index (χ4v) is 3.93. The van der Waals surface area contributed by atoms with E-state index in [1.54, 1.807) is 36.2 Å². The number of hydrogen-bond donors (Lipinski definition) is 3. The van der Waals surface area contributed by atoms with Gasteiger partial charge in [0.2, 0.25) is 0 Å². The highest BCUT2D eigenvalue weighted by atomic mass is 35.5. The summed E-state index contributed by atoms with van der Waals surface area (Å²) < 4.78 is 2.15. The molecule has 8 heteroatoms. The van der Waals surface area contributed by atoms with E-state index in [9.17, 15) is 14.8 Å². The number of nitrogens with zero attached hydrogens (tertiary/aromatic N) is 1. The molecule has 0 atom stereocenters. The first-order valence-electron chi connectivity index (χ1n) is 7.93. The predicted octanol–water partition coefficient (Wildman–Crippen LogP) is 2.44. The Kier molecular flexibility index (Phi) is 5.59. The second-order valence-electron chi connectivity index (χ2n) is 5.91. The summed E-state index contributed by atoms with van der Waals surface area (Å²) in [7, 11) is -1.59. The zero-order valence-electron chi connectivity index (χ0n) is 13.7. The molecule has 25 heavy (non-hydrogen) atoms. The van der Waals surface area contributed by atoms with Gasteiger partial charge in [-0.05, 0) is 66.7 Å². The maximum absolute atomic E-state index is 12.6. The van der Waals surface area contributed by atoms with Crippen LogP contribution in [0.2, 0.25) is 5.02 Å². The maximum Gasteiger partial charge on any atom is 0.488 e. The Morgan fingerprint density at radius 1 is 1.28 bits per heavy atom. The van der Waals surface area contributed by atoms with Crippen LogP contribution >= 0.6 is 23.5 Å². The molecule has 2 aromatic carbocycles. The number of carbonyl (C=O) groups excluding carboxylic acids is 1. The van der Waals surface area contributed by atoms with Gasteiger partial charge in [0.25, 0.3) is 5.91 Å². The third-order valence-corrected chi connectivity index (χ3v) is 5.40. The summed E-state index contributed by atoms with van der Waals surface area (Å²) in [4.78, 5) is 12.6. The lowest BCUT2D eigenvalue weighted by Gasteiger charge is -2.17. The Balaban J connectivity index is 1.84. The molecule has 1 fully saturated rings. The summed E-state index contributed by atoms with van der Waals surface area (Å²) >= 11 is 7.95. The van der Waals surface area contributed by atoms with E-state index in [4.69, 9.17) is 11.6 Å². The largest absolute Gasteiger partial charge is 0.488 e. The summed E-state index contributed by atoms with van der Waals surface area (Å²) in [6.45, 7) is 2.77. The van der Waals surface area contributed by atoms with Crippen molar-refractivity contribution in [2.45, 2.75) is 13.3 Å². The van der Waals surface area contributed by atoms with Gasteiger partial charge >= 0.3 is 7.12 Å². The number of benzene rings is 2. The fourth-order valence-electron chi connectivity index (χ4n) is 2.73. The molecule has 3 rings (SSSR count). The highest BCUT2D eigenvalue weighted by Gasteiger charge is 2.18. The van der Waals surface area contributed by atoms with Crippen molar-refractivity contribution >= 4 is 53.4 Å². The molecule has 0 aliphatic carbocycles. The Hall–Kier alpha value is -1.67. The number of halogens is 1. The molecule has 5 nitrogen and oxygen atoms in total. The average Bonchev–Trinajstić information content (AvgIpc) is 3.09. The molecule has 130 valence electrons. The van der Waals surface area contributed by atoms with Crippen LogP contribution in [0.15, 0.2) is 36.4 Å². The second kappa shape index (κ2) is 7.70. The first-order chi connectivity index (χ1) is 11.9. The van der Waals surface area contributed by atoms with Crippen molar-refractivity contribution in [3.05, 3.63) is 52.5 Å². The highest BCUT2D eigenvalue weighted by molar-refractivity contribution is 8.00. The number of aryl methyl sites for hydroxylation is 1. The van der Waals surface area contributed by atoms with E-state index in [-0.39, 0.29) is 5.91 Å². The molecular formula is C17H18BClN2O3S. The van der Waals surface area contributed by atoms with E-state index in [0.717, 1.165) is 30.0 Å². The number of hydrogen-bond acceptors (Lipinski definition) is 5. The first-order valence-corrected chi connectivity index (χ1v) is 9.25. The molecule has 0 bridgehead atoms. The Morgan fingerprint density at radius 2 is 2.08 bits per heavy atom. The number of carbonyl (C=O) groups is 1. The van der Waals surface area contributed by atoms with E-state index >= 15 is 0 Å². The Bertz CT molecular complexity index is 797. The lowest BCUT2D eigenvalue weighted by molar-refractivity contribution is 0.102. The Labute approximate surface area is 156 Å². The molecule has 0 unspecified atom stereocenters. The number of nitrogens with one attached hydrogen (secondary N) is 1.